The Bertz CT molecular complexity index is 556. The van der Waals surface area contributed by atoms with E-state index in [9.17, 15) is 13.2 Å². The number of anilines is 1. The number of carbonyl (C=O) groups is 1. The van der Waals surface area contributed by atoms with E-state index in [4.69, 9.17) is 10.5 Å². The van der Waals surface area contributed by atoms with Gasteiger partial charge in [0.15, 0.2) is 0 Å². The summed E-state index contributed by atoms with van der Waals surface area (Å²) < 4.78 is 35.7. The van der Waals surface area contributed by atoms with E-state index >= 15 is 0 Å². The van der Waals surface area contributed by atoms with Gasteiger partial charge in [-0.2, -0.15) is 4.31 Å². The second-order valence-corrected chi connectivity index (χ2v) is 6.23. The van der Waals surface area contributed by atoms with Crippen molar-refractivity contribution in [2.24, 2.45) is 0 Å². The van der Waals surface area contributed by atoms with Crippen LogP contribution in [0.15, 0.2) is 29.2 Å². The minimum Gasteiger partial charge on any atom is -0.469 e. The Hall–Kier alpha value is -1.64. The molecule has 0 aliphatic carbocycles. The largest absolute Gasteiger partial charge is 0.469 e. The molecule has 1 rings (SSSR count). The number of methoxy groups -OCH3 is 2. The van der Waals surface area contributed by atoms with Gasteiger partial charge >= 0.3 is 5.97 Å². The zero-order chi connectivity index (χ0) is 15.9. The van der Waals surface area contributed by atoms with Crippen LogP contribution in [0.2, 0.25) is 0 Å². The van der Waals surface area contributed by atoms with Gasteiger partial charge in [-0.05, 0) is 24.3 Å². The molecule has 0 fully saturated rings. The summed E-state index contributed by atoms with van der Waals surface area (Å²) in [6.45, 7) is 0.415. The van der Waals surface area contributed by atoms with Crippen molar-refractivity contribution in [3.63, 3.8) is 0 Å². The van der Waals surface area contributed by atoms with E-state index in [-0.39, 0.29) is 31.0 Å². The molecule has 0 aromatic heterocycles. The smallest absolute Gasteiger partial charge is 0.306 e. The molecule has 2 N–H and O–H groups in total. The van der Waals surface area contributed by atoms with Crippen LogP contribution in [0, 0.1) is 0 Å². The van der Waals surface area contributed by atoms with Crippen LogP contribution < -0.4 is 5.73 Å². The number of ether oxygens (including phenoxy) is 2. The maximum absolute atomic E-state index is 12.5. The first-order valence-electron chi connectivity index (χ1n) is 6.33. The molecule has 1 aromatic rings. The lowest BCUT2D eigenvalue weighted by atomic mass is 10.3. The molecular formula is C13H20N2O5S. The molecule has 0 saturated carbocycles. The van der Waals surface area contributed by atoms with Crippen LogP contribution in [0.25, 0.3) is 0 Å². The maximum atomic E-state index is 12.5. The van der Waals surface area contributed by atoms with E-state index < -0.39 is 16.0 Å². The highest BCUT2D eigenvalue weighted by molar-refractivity contribution is 7.89. The third kappa shape index (κ3) is 5.00. The maximum Gasteiger partial charge on any atom is 0.306 e. The first-order valence-corrected chi connectivity index (χ1v) is 7.77. The molecule has 0 atom stereocenters. The van der Waals surface area contributed by atoms with Gasteiger partial charge in [0.2, 0.25) is 10.0 Å². The average Bonchev–Trinajstić information content (AvgIpc) is 2.47. The Balaban J connectivity index is 2.93. The number of nitrogens with two attached hydrogens (primary N) is 1. The van der Waals surface area contributed by atoms with E-state index in [0.717, 1.165) is 0 Å². The average molecular weight is 316 g/mol. The number of nitrogen functional groups attached to an aromatic ring is 1. The molecule has 0 aliphatic rings. The van der Waals surface area contributed by atoms with Crippen molar-refractivity contribution in [2.45, 2.75) is 11.3 Å². The first-order chi connectivity index (χ1) is 9.91. The normalized spacial score (nSPS) is 11.6. The Kier molecular flexibility index (Phi) is 6.60. The van der Waals surface area contributed by atoms with E-state index in [1.807, 2.05) is 0 Å². The molecular weight excluding hydrogens is 296 g/mol. The lowest BCUT2D eigenvalue weighted by molar-refractivity contribution is -0.140. The van der Waals surface area contributed by atoms with Crippen LogP contribution in [0.1, 0.15) is 6.42 Å². The van der Waals surface area contributed by atoms with Gasteiger partial charge in [0.25, 0.3) is 0 Å². The third-order valence-electron chi connectivity index (χ3n) is 2.86. The molecule has 0 unspecified atom stereocenters. The first kappa shape index (κ1) is 17.4. The Morgan fingerprint density at radius 2 is 1.81 bits per heavy atom. The molecule has 0 spiro atoms. The summed E-state index contributed by atoms with van der Waals surface area (Å²) in [6.07, 6.45) is -0.0194. The van der Waals surface area contributed by atoms with Crippen molar-refractivity contribution in [3.8, 4) is 0 Å². The number of hydrogen-bond donors (Lipinski definition) is 1. The van der Waals surface area contributed by atoms with Crippen molar-refractivity contribution < 1.29 is 22.7 Å². The lowest BCUT2D eigenvalue weighted by Crippen LogP contribution is -2.35. The quantitative estimate of drug-likeness (QED) is 0.553. The molecule has 0 aliphatic heterocycles. The zero-order valence-electron chi connectivity index (χ0n) is 12.1. The number of carbonyl (C=O) groups excluding carboxylic acids is 1. The van der Waals surface area contributed by atoms with E-state index in [1.54, 1.807) is 0 Å². The van der Waals surface area contributed by atoms with Crippen LogP contribution in [-0.4, -0.2) is 52.6 Å². The van der Waals surface area contributed by atoms with Gasteiger partial charge in [0.1, 0.15) is 0 Å². The Morgan fingerprint density at radius 1 is 1.19 bits per heavy atom. The van der Waals surface area contributed by atoms with Gasteiger partial charge in [-0.3, -0.25) is 4.79 Å². The highest BCUT2D eigenvalue weighted by Crippen LogP contribution is 2.17. The molecule has 0 radical (unpaired) electrons. The molecule has 0 bridgehead atoms. The summed E-state index contributed by atoms with van der Waals surface area (Å²) in [4.78, 5) is 11.3. The van der Waals surface area contributed by atoms with Crippen LogP contribution in [0.5, 0.6) is 0 Å². The van der Waals surface area contributed by atoms with Gasteiger partial charge in [-0.15, -0.1) is 0 Å². The minimum atomic E-state index is -3.70. The van der Waals surface area contributed by atoms with Crippen LogP contribution in [0.4, 0.5) is 5.69 Å². The van der Waals surface area contributed by atoms with Crippen molar-refractivity contribution in [1.82, 2.24) is 4.31 Å². The fourth-order valence-electron chi connectivity index (χ4n) is 1.65. The van der Waals surface area contributed by atoms with Gasteiger partial charge < -0.3 is 15.2 Å². The second kappa shape index (κ2) is 7.96. The summed E-state index contributed by atoms with van der Waals surface area (Å²) in [5.74, 6) is -0.468. The van der Waals surface area contributed by atoms with Crippen molar-refractivity contribution in [2.75, 3.05) is 39.6 Å². The van der Waals surface area contributed by atoms with Gasteiger partial charge in [-0.25, -0.2) is 8.42 Å². The molecule has 8 heteroatoms. The van der Waals surface area contributed by atoms with Gasteiger partial charge in [0, 0.05) is 25.9 Å². The standard InChI is InChI=1S/C13H20N2O5S/c1-19-10-9-15(8-7-13(16)20-2)21(17,18)12-5-3-11(14)4-6-12/h3-6H,7-10,14H2,1-2H3. The zero-order valence-corrected chi connectivity index (χ0v) is 12.9. The number of esters is 1. The fraction of sp³-hybridized carbons (Fsp3) is 0.462. The summed E-state index contributed by atoms with van der Waals surface area (Å²) in [5.41, 5.74) is 6.03. The number of rotatable bonds is 8. The number of benzene rings is 1. The van der Waals surface area contributed by atoms with Crippen LogP contribution in [0.3, 0.4) is 0 Å². The third-order valence-corrected chi connectivity index (χ3v) is 4.77. The number of nitrogens with zero attached hydrogens (tertiary/aromatic N) is 1. The van der Waals surface area contributed by atoms with Crippen LogP contribution >= 0.6 is 0 Å². The molecule has 118 valence electrons. The Labute approximate surface area is 124 Å². The predicted molar refractivity (Wildman–Crippen MR) is 78.1 cm³/mol. The molecule has 21 heavy (non-hydrogen) atoms. The summed E-state index contributed by atoms with van der Waals surface area (Å²) in [5, 5.41) is 0. The highest BCUT2D eigenvalue weighted by Gasteiger charge is 2.24. The fourth-order valence-corrected chi connectivity index (χ4v) is 3.08. The Morgan fingerprint density at radius 3 is 2.33 bits per heavy atom. The highest BCUT2D eigenvalue weighted by atomic mass is 32.2. The molecule has 0 amide bonds. The van der Waals surface area contributed by atoms with E-state index in [0.29, 0.717) is 5.69 Å². The lowest BCUT2D eigenvalue weighted by Gasteiger charge is -2.21. The monoisotopic (exact) mass is 316 g/mol. The number of sulfonamides is 1. The molecule has 1 aromatic carbocycles. The van der Waals surface area contributed by atoms with E-state index in [1.165, 1.54) is 42.8 Å². The summed E-state index contributed by atoms with van der Waals surface area (Å²) in [7, 11) is -0.963. The van der Waals surface area contributed by atoms with Crippen molar-refractivity contribution in [3.05, 3.63) is 24.3 Å². The van der Waals surface area contributed by atoms with Gasteiger partial charge in [0.05, 0.1) is 25.0 Å². The molecule has 0 heterocycles. The number of hydrogen-bond acceptors (Lipinski definition) is 6. The van der Waals surface area contributed by atoms with Crippen molar-refractivity contribution in [1.29, 1.82) is 0 Å². The van der Waals surface area contributed by atoms with Gasteiger partial charge in [-0.1, -0.05) is 0 Å². The summed E-state index contributed by atoms with van der Waals surface area (Å²) in [6, 6.07) is 5.90. The topological polar surface area (TPSA) is 98.9 Å². The molecule has 7 nitrogen and oxygen atoms in total. The SMILES string of the molecule is COCCN(CCC(=O)OC)S(=O)(=O)c1ccc(N)cc1. The predicted octanol–water partition coefficient (Wildman–Crippen LogP) is 0.469. The van der Waals surface area contributed by atoms with Crippen molar-refractivity contribution >= 4 is 21.7 Å². The van der Waals surface area contributed by atoms with Crippen LogP contribution in [-0.2, 0) is 24.3 Å². The minimum absolute atomic E-state index is 0.0194. The molecule has 0 saturated heterocycles. The van der Waals surface area contributed by atoms with E-state index in [2.05, 4.69) is 4.74 Å². The second-order valence-electron chi connectivity index (χ2n) is 4.29. The summed E-state index contributed by atoms with van der Waals surface area (Å²) >= 11 is 0.